The van der Waals surface area contributed by atoms with Crippen molar-refractivity contribution in [3.63, 3.8) is 0 Å². The molecule has 0 radical (unpaired) electrons. The van der Waals surface area contributed by atoms with Crippen molar-refractivity contribution in [1.29, 1.82) is 0 Å². The van der Waals surface area contributed by atoms with Gasteiger partial charge in [-0.15, -0.1) is 10.2 Å². The molecule has 0 saturated heterocycles. The van der Waals surface area contributed by atoms with E-state index in [-0.39, 0.29) is 17.4 Å². The first-order valence-electron chi connectivity index (χ1n) is 4.36. The molecule has 0 aromatic carbocycles. The summed E-state index contributed by atoms with van der Waals surface area (Å²) in [5.41, 5.74) is 5.54. The number of anilines is 2. The molecule has 2 rings (SSSR count). The monoisotopic (exact) mass is 236 g/mol. The molecule has 0 bridgehead atoms. The average Bonchev–Trinajstić information content (AvgIpc) is 2.65. The van der Waals surface area contributed by atoms with E-state index in [9.17, 15) is 4.79 Å². The van der Waals surface area contributed by atoms with Gasteiger partial charge in [0.15, 0.2) is 5.69 Å². The molecule has 0 atom stereocenters. The van der Waals surface area contributed by atoms with E-state index >= 15 is 0 Å². The van der Waals surface area contributed by atoms with Crippen molar-refractivity contribution in [2.45, 2.75) is 6.92 Å². The number of rotatable bonds is 2. The minimum atomic E-state index is -0.386. The van der Waals surface area contributed by atoms with Crippen LogP contribution in [-0.4, -0.2) is 25.5 Å². The third-order valence-corrected chi connectivity index (χ3v) is 2.39. The number of amides is 1. The standard InChI is InChI=1S/C8H8N6OS/c1-4-10-8(16-14-4)11-7(15)5-2-3-6(9)13-12-5/h2-3H,1H3,(H2,9,13)(H,10,11,14,15). The van der Waals surface area contributed by atoms with Gasteiger partial charge < -0.3 is 5.73 Å². The Kier molecular flexibility index (Phi) is 2.73. The molecule has 0 unspecified atom stereocenters. The summed E-state index contributed by atoms with van der Waals surface area (Å²) in [6.45, 7) is 1.75. The van der Waals surface area contributed by atoms with Gasteiger partial charge in [0.2, 0.25) is 5.13 Å². The maximum atomic E-state index is 11.6. The topological polar surface area (TPSA) is 107 Å². The Morgan fingerprint density at radius 3 is 2.81 bits per heavy atom. The highest BCUT2D eigenvalue weighted by Crippen LogP contribution is 2.11. The molecule has 2 heterocycles. The minimum absolute atomic E-state index is 0.182. The summed E-state index contributed by atoms with van der Waals surface area (Å²) in [6.07, 6.45) is 0. The van der Waals surface area contributed by atoms with Crippen LogP contribution in [0.1, 0.15) is 16.3 Å². The normalized spacial score (nSPS) is 10.1. The largest absolute Gasteiger partial charge is 0.382 e. The van der Waals surface area contributed by atoms with Crippen molar-refractivity contribution in [3.05, 3.63) is 23.7 Å². The number of aromatic nitrogens is 4. The predicted molar refractivity (Wildman–Crippen MR) is 59.0 cm³/mol. The lowest BCUT2D eigenvalue weighted by atomic mass is 10.3. The van der Waals surface area contributed by atoms with Crippen LogP contribution in [0.25, 0.3) is 0 Å². The lowest BCUT2D eigenvalue weighted by Gasteiger charge is -1.99. The van der Waals surface area contributed by atoms with Crippen molar-refractivity contribution < 1.29 is 4.79 Å². The smallest absolute Gasteiger partial charge is 0.277 e. The van der Waals surface area contributed by atoms with E-state index < -0.39 is 0 Å². The Labute approximate surface area is 94.9 Å². The van der Waals surface area contributed by atoms with Gasteiger partial charge in [0.05, 0.1) is 0 Å². The predicted octanol–water partition coefficient (Wildman–Crippen LogP) is 0.471. The van der Waals surface area contributed by atoms with Crippen LogP contribution in [0.3, 0.4) is 0 Å². The van der Waals surface area contributed by atoms with E-state index in [1.54, 1.807) is 6.92 Å². The lowest BCUT2D eigenvalue weighted by molar-refractivity contribution is 0.102. The van der Waals surface area contributed by atoms with Gasteiger partial charge >= 0.3 is 0 Å². The third kappa shape index (κ3) is 2.28. The second-order valence-corrected chi connectivity index (χ2v) is 3.70. The molecule has 2 aromatic heterocycles. The molecular weight excluding hydrogens is 228 g/mol. The first-order chi connectivity index (χ1) is 7.65. The van der Waals surface area contributed by atoms with E-state index in [2.05, 4.69) is 24.9 Å². The SMILES string of the molecule is Cc1nsc(NC(=O)c2ccc(N)nn2)n1. The van der Waals surface area contributed by atoms with Gasteiger partial charge in [0.1, 0.15) is 11.6 Å². The molecule has 2 aromatic rings. The molecule has 8 heteroatoms. The Hall–Kier alpha value is -2.09. The van der Waals surface area contributed by atoms with E-state index in [0.29, 0.717) is 11.0 Å². The van der Waals surface area contributed by atoms with Gasteiger partial charge in [-0.05, 0) is 19.1 Å². The molecule has 82 valence electrons. The summed E-state index contributed by atoms with van der Waals surface area (Å²) in [5, 5.41) is 10.2. The molecule has 0 spiro atoms. The maximum Gasteiger partial charge on any atom is 0.277 e. The van der Waals surface area contributed by atoms with Crippen molar-refractivity contribution in [3.8, 4) is 0 Å². The zero-order chi connectivity index (χ0) is 11.5. The Balaban J connectivity index is 2.11. The minimum Gasteiger partial charge on any atom is -0.382 e. The second kappa shape index (κ2) is 4.19. The molecule has 1 amide bonds. The lowest BCUT2D eigenvalue weighted by Crippen LogP contribution is -2.14. The highest BCUT2D eigenvalue weighted by Gasteiger charge is 2.10. The van der Waals surface area contributed by atoms with Crippen LogP contribution in [0.15, 0.2) is 12.1 Å². The molecule has 0 aliphatic carbocycles. The van der Waals surface area contributed by atoms with E-state index in [1.807, 2.05) is 0 Å². The van der Waals surface area contributed by atoms with Crippen molar-refractivity contribution >= 4 is 28.4 Å². The van der Waals surface area contributed by atoms with Crippen LogP contribution in [0.4, 0.5) is 10.9 Å². The summed E-state index contributed by atoms with van der Waals surface area (Å²) in [6, 6.07) is 3.00. The summed E-state index contributed by atoms with van der Waals surface area (Å²) >= 11 is 1.11. The molecule has 0 saturated carbocycles. The number of nitrogen functional groups attached to an aromatic ring is 1. The summed E-state index contributed by atoms with van der Waals surface area (Å²) in [4.78, 5) is 15.6. The van der Waals surface area contributed by atoms with Gasteiger partial charge in [-0.1, -0.05) is 0 Å². The molecule has 0 aliphatic heterocycles. The van der Waals surface area contributed by atoms with Gasteiger partial charge in [0, 0.05) is 11.5 Å². The first kappa shape index (κ1) is 10.4. The van der Waals surface area contributed by atoms with Crippen LogP contribution in [0.5, 0.6) is 0 Å². The number of carbonyl (C=O) groups is 1. The van der Waals surface area contributed by atoms with Crippen LogP contribution in [-0.2, 0) is 0 Å². The fourth-order valence-corrected chi connectivity index (χ4v) is 1.54. The number of nitrogens with two attached hydrogens (primary N) is 1. The molecular formula is C8H8N6OS. The van der Waals surface area contributed by atoms with Crippen LogP contribution < -0.4 is 11.1 Å². The highest BCUT2D eigenvalue weighted by atomic mass is 32.1. The molecule has 3 N–H and O–H groups in total. The van der Waals surface area contributed by atoms with Crippen molar-refractivity contribution in [2.24, 2.45) is 0 Å². The van der Waals surface area contributed by atoms with Gasteiger partial charge in [-0.25, -0.2) is 4.98 Å². The highest BCUT2D eigenvalue weighted by molar-refractivity contribution is 7.09. The zero-order valence-electron chi connectivity index (χ0n) is 8.34. The summed E-state index contributed by atoms with van der Waals surface area (Å²) in [5.74, 6) is 0.496. The van der Waals surface area contributed by atoms with E-state index in [0.717, 1.165) is 11.5 Å². The Morgan fingerprint density at radius 1 is 1.44 bits per heavy atom. The number of aryl methyl sites for hydroxylation is 1. The first-order valence-corrected chi connectivity index (χ1v) is 5.13. The van der Waals surface area contributed by atoms with E-state index in [1.165, 1.54) is 12.1 Å². The quantitative estimate of drug-likeness (QED) is 0.785. The summed E-state index contributed by atoms with van der Waals surface area (Å²) < 4.78 is 3.94. The molecule has 16 heavy (non-hydrogen) atoms. The van der Waals surface area contributed by atoms with Gasteiger partial charge in [-0.3, -0.25) is 10.1 Å². The van der Waals surface area contributed by atoms with Crippen LogP contribution in [0, 0.1) is 6.92 Å². The van der Waals surface area contributed by atoms with Gasteiger partial charge in [-0.2, -0.15) is 4.37 Å². The van der Waals surface area contributed by atoms with Crippen molar-refractivity contribution in [1.82, 2.24) is 19.6 Å². The fraction of sp³-hybridized carbons (Fsp3) is 0.125. The van der Waals surface area contributed by atoms with Crippen molar-refractivity contribution in [2.75, 3.05) is 11.1 Å². The molecule has 0 fully saturated rings. The Bertz CT molecular complexity index is 508. The Morgan fingerprint density at radius 2 is 2.25 bits per heavy atom. The number of hydrogen-bond donors (Lipinski definition) is 2. The molecule has 0 aliphatic rings. The fourth-order valence-electron chi connectivity index (χ4n) is 0.973. The molecule has 7 nitrogen and oxygen atoms in total. The number of carbonyl (C=O) groups excluding carboxylic acids is 1. The van der Waals surface area contributed by atoms with Gasteiger partial charge in [0.25, 0.3) is 5.91 Å². The van der Waals surface area contributed by atoms with E-state index in [4.69, 9.17) is 5.73 Å². The number of nitrogens with one attached hydrogen (secondary N) is 1. The number of nitrogens with zero attached hydrogens (tertiary/aromatic N) is 4. The second-order valence-electron chi connectivity index (χ2n) is 2.94. The zero-order valence-corrected chi connectivity index (χ0v) is 9.15. The van der Waals surface area contributed by atoms with Crippen LogP contribution in [0.2, 0.25) is 0 Å². The maximum absolute atomic E-state index is 11.6. The third-order valence-electron chi connectivity index (χ3n) is 1.67. The summed E-state index contributed by atoms with van der Waals surface area (Å²) in [7, 11) is 0. The van der Waals surface area contributed by atoms with Crippen LogP contribution >= 0.6 is 11.5 Å². The average molecular weight is 236 g/mol. The number of hydrogen-bond acceptors (Lipinski definition) is 7.